The second-order valence-electron chi connectivity index (χ2n) is 9.36. The Morgan fingerprint density at radius 3 is 2.71 bits per heavy atom. The number of piperidine rings is 1. The number of benzene rings is 1. The van der Waals surface area contributed by atoms with E-state index in [1.54, 1.807) is 11.1 Å². The molecule has 1 unspecified atom stereocenters. The van der Waals surface area contributed by atoms with Crippen molar-refractivity contribution in [1.82, 2.24) is 4.90 Å². The smallest absolute Gasteiger partial charge is 0.0343 e. The highest BCUT2D eigenvalue weighted by atomic mass is 15.2. The zero-order chi connectivity index (χ0) is 16.3. The largest absolute Gasteiger partial charge is 0.385 e. The summed E-state index contributed by atoms with van der Waals surface area (Å²) in [4.78, 5) is 2.84. The lowest BCUT2D eigenvalue weighted by molar-refractivity contribution is 0.0284. The number of anilines is 1. The molecule has 1 aliphatic heterocycles. The monoisotopic (exact) mass is 324 g/mol. The van der Waals surface area contributed by atoms with E-state index in [1.165, 1.54) is 63.8 Å². The molecule has 1 N–H and O–H groups in total. The van der Waals surface area contributed by atoms with Gasteiger partial charge in [0.25, 0.3) is 0 Å². The van der Waals surface area contributed by atoms with Crippen LogP contribution in [0.25, 0.3) is 0 Å². The lowest BCUT2D eigenvalue weighted by Crippen LogP contribution is -2.58. The summed E-state index contributed by atoms with van der Waals surface area (Å²) in [6, 6.07) is 8.03. The molecule has 0 aromatic heterocycles. The van der Waals surface area contributed by atoms with Crippen LogP contribution in [0.1, 0.15) is 57.1 Å². The molecule has 4 aliphatic rings. The summed E-state index contributed by atoms with van der Waals surface area (Å²) in [5, 5.41) is 3.70. The summed E-state index contributed by atoms with van der Waals surface area (Å²) in [7, 11) is 0. The first kappa shape index (κ1) is 15.3. The van der Waals surface area contributed by atoms with Gasteiger partial charge in [-0.2, -0.15) is 0 Å². The second-order valence-corrected chi connectivity index (χ2v) is 9.36. The number of nitrogens with zero attached hydrogens (tertiary/aromatic N) is 1. The molecule has 24 heavy (non-hydrogen) atoms. The molecule has 3 aliphatic carbocycles. The van der Waals surface area contributed by atoms with Crippen molar-refractivity contribution in [2.45, 2.75) is 63.8 Å². The molecule has 2 saturated carbocycles. The SMILES string of the molecule is C[C@H]1C2Cc3ccc(NCC4CC4)cc3[C@@]1(C)CCN2CC1CC1. The van der Waals surface area contributed by atoms with Crippen LogP contribution in [0.3, 0.4) is 0 Å². The van der Waals surface area contributed by atoms with E-state index in [1.807, 2.05) is 0 Å². The molecule has 1 heterocycles. The van der Waals surface area contributed by atoms with Gasteiger partial charge in [0, 0.05) is 24.8 Å². The topological polar surface area (TPSA) is 15.3 Å². The van der Waals surface area contributed by atoms with Crippen LogP contribution in [0.5, 0.6) is 0 Å². The molecule has 3 fully saturated rings. The summed E-state index contributed by atoms with van der Waals surface area (Å²) in [6.07, 6.45) is 8.39. The van der Waals surface area contributed by atoms with E-state index in [2.05, 4.69) is 42.3 Å². The molecule has 0 spiro atoms. The average Bonchev–Trinajstić information content (AvgIpc) is 3.47. The van der Waals surface area contributed by atoms with Crippen molar-refractivity contribution in [3.8, 4) is 0 Å². The number of fused-ring (bicyclic) bond motifs is 4. The van der Waals surface area contributed by atoms with Crippen LogP contribution in [0, 0.1) is 17.8 Å². The molecule has 0 radical (unpaired) electrons. The van der Waals surface area contributed by atoms with E-state index in [4.69, 9.17) is 0 Å². The van der Waals surface area contributed by atoms with E-state index in [0.29, 0.717) is 5.41 Å². The fourth-order valence-electron chi connectivity index (χ4n) is 5.26. The van der Waals surface area contributed by atoms with Crippen LogP contribution >= 0.6 is 0 Å². The first-order valence-corrected chi connectivity index (χ1v) is 10.2. The Labute approximate surface area is 147 Å². The Morgan fingerprint density at radius 1 is 1.17 bits per heavy atom. The molecule has 2 nitrogen and oxygen atoms in total. The molecule has 2 heteroatoms. The summed E-state index contributed by atoms with van der Waals surface area (Å²) in [5.74, 6) is 2.72. The highest BCUT2D eigenvalue weighted by Gasteiger charge is 2.49. The minimum Gasteiger partial charge on any atom is -0.385 e. The van der Waals surface area contributed by atoms with Crippen LogP contribution in [0.2, 0.25) is 0 Å². The maximum atomic E-state index is 3.70. The first-order valence-electron chi connectivity index (χ1n) is 10.2. The molecular weight excluding hydrogens is 292 g/mol. The van der Waals surface area contributed by atoms with Gasteiger partial charge in [-0.25, -0.2) is 0 Å². The summed E-state index contributed by atoms with van der Waals surface area (Å²) < 4.78 is 0. The number of hydrogen-bond acceptors (Lipinski definition) is 2. The number of hydrogen-bond donors (Lipinski definition) is 1. The van der Waals surface area contributed by atoms with Crippen molar-refractivity contribution in [3.05, 3.63) is 29.3 Å². The third kappa shape index (κ3) is 2.58. The van der Waals surface area contributed by atoms with Gasteiger partial charge >= 0.3 is 0 Å². The highest BCUT2D eigenvalue weighted by molar-refractivity contribution is 5.53. The quantitative estimate of drug-likeness (QED) is 0.861. The van der Waals surface area contributed by atoms with E-state index in [-0.39, 0.29) is 0 Å². The lowest BCUT2D eigenvalue weighted by Gasteiger charge is -2.55. The van der Waals surface area contributed by atoms with Gasteiger partial charge < -0.3 is 5.32 Å². The van der Waals surface area contributed by atoms with E-state index in [0.717, 1.165) is 23.8 Å². The van der Waals surface area contributed by atoms with Crippen molar-refractivity contribution >= 4 is 5.69 Å². The van der Waals surface area contributed by atoms with Crippen molar-refractivity contribution in [2.75, 3.05) is 25.0 Å². The second kappa shape index (κ2) is 5.49. The number of nitrogens with one attached hydrogen (secondary N) is 1. The minimum atomic E-state index is 0.371. The van der Waals surface area contributed by atoms with Crippen molar-refractivity contribution in [1.29, 1.82) is 0 Å². The van der Waals surface area contributed by atoms with Gasteiger partial charge in [0.1, 0.15) is 0 Å². The van der Waals surface area contributed by atoms with Crippen LogP contribution in [-0.2, 0) is 11.8 Å². The Morgan fingerprint density at radius 2 is 1.96 bits per heavy atom. The molecular formula is C22H32N2. The Kier molecular flexibility index (Phi) is 3.49. The van der Waals surface area contributed by atoms with Gasteiger partial charge in [0.15, 0.2) is 0 Å². The van der Waals surface area contributed by atoms with E-state index < -0.39 is 0 Å². The third-order valence-electron chi connectivity index (χ3n) is 7.61. The summed E-state index contributed by atoms with van der Waals surface area (Å²) in [5.41, 5.74) is 5.00. The first-order chi connectivity index (χ1) is 11.6. The normalized spacial score (nSPS) is 35.6. The van der Waals surface area contributed by atoms with Crippen LogP contribution in [0.15, 0.2) is 18.2 Å². The fourth-order valence-corrected chi connectivity index (χ4v) is 5.26. The van der Waals surface area contributed by atoms with Gasteiger partial charge in [0.05, 0.1) is 0 Å². The zero-order valence-corrected chi connectivity index (χ0v) is 15.4. The molecule has 1 aromatic carbocycles. The highest BCUT2D eigenvalue weighted by Crippen LogP contribution is 2.50. The van der Waals surface area contributed by atoms with E-state index >= 15 is 0 Å². The molecule has 1 aromatic rings. The van der Waals surface area contributed by atoms with Crippen LogP contribution in [-0.4, -0.2) is 30.6 Å². The zero-order valence-electron chi connectivity index (χ0n) is 15.4. The molecule has 3 atom stereocenters. The molecule has 1 saturated heterocycles. The van der Waals surface area contributed by atoms with Crippen molar-refractivity contribution in [3.63, 3.8) is 0 Å². The standard InChI is InChI=1S/C22H32N2/c1-15-21-11-18-7-8-19(23-13-16-3-4-16)12-20(18)22(15,2)9-10-24(21)14-17-5-6-17/h7-8,12,15-17,21,23H,3-6,9-11,13-14H2,1-2H3/t15-,21?,22-/m0/s1. The molecule has 130 valence electrons. The van der Waals surface area contributed by atoms with Gasteiger partial charge in [-0.15, -0.1) is 0 Å². The molecule has 0 amide bonds. The maximum absolute atomic E-state index is 3.70. The van der Waals surface area contributed by atoms with Crippen LogP contribution in [0.4, 0.5) is 5.69 Å². The van der Waals surface area contributed by atoms with Gasteiger partial charge in [-0.3, -0.25) is 4.90 Å². The van der Waals surface area contributed by atoms with Crippen molar-refractivity contribution in [2.24, 2.45) is 17.8 Å². The predicted molar refractivity (Wildman–Crippen MR) is 101 cm³/mol. The number of likely N-dealkylation sites (tertiary alicyclic amines) is 1. The lowest BCUT2D eigenvalue weighted by atomic mass is 9.59. The average molecular weight is 325 g/mol. The van der Waals surface area contributed by atoms with Gasteiger partial charge in [-0.1, -0.05) is 19.9 Å². The maximum Gasteiger partial charge on any atom is 0.0343 e. The number of rotatable bonds is 5. The third-order valence-corrected chi connectivity index (χ3v) is 7.61. The molecule has 2 bridgehead atoms. The predicted octanol–water partition coefficient (Wildman–Crippen LogP) is 4.44. The van der Waals surface area contributed by atoms with Crippen LogP contribution < -0.4 is 5.32 Å². The van der Waals surface area contributed by atoms with E-state index in [9.17, 15) is 0 Å². The molecule has 5 rings (SSSR count). The Bertz CT molecular complexity index is 631. The summed E-state index contributed by atoms with van der Waals surface area (Å²) in [6.45, 7) is 8.91. The minimum absolute atomic E-state index is 0.371. The van der Waals surface area contributed by atoms with Gasteiger partial charge in [-0.05, 0) is 91.5 Å². The van der Waals surface area contributed by atoms with Crippen molar-refractivity contribution < 1.29 is 0 Å². The summed E-state index contributed by atoms with van der Waals surface area (Å²) >= 11 is 0. The Hall–Kier alpha value is -1.02. The fraction of sp³-hybridized carbons (Fsp3) is 0.727. The Balaban J connectivity index is 1.42. The van der Waals surface area contributed by atoms with Gasteiger partial charge in [0.2, 0.25) is 0 Å².